The molecule has 17 heavy (non-hydrogen) atoms. The van der Waals surface area contributed by atoms with Gasteiger partial charge in [0.2, 0.25) is 0 Å². The minimum absolute atomic E-state index is 0.0408. The molecule has 4 heteroatoms. The second-order valence-corrected chi connectivity index (χ2v) is 4.35. The minimum atomic E-state index is -0.0408. The SMILES string of the molecule is CCCCN(CC)C(=O)c1cccc(Cl)c1N. The molecule has 1 amide bonds. The van der Waals surface area contributed by atoms with Gasteiger partial charge in [-0.3, -0.25) is 4.79 Å². The maximum atomic E-state index is 12.2. The van der Waals surface area contributed by atoms with E-state index in [4.69, 9.17) is 17.3 Å². The highest BCUT2D eigenvalue weighted by Crippen LogP contribution is 2.23. The Hall–Kier alpha value is -1.22. The van der Waals surface area contributed by atoms with Gasteiger partial charge in [-0.1, -0.05) is 31.0 Å². The van der Waals surface area contributed by atoms with E-state index in [1.54, 1.807) is 23.1 Å². The van der Waals surface area contributed by atoms with Gasteiger partial charge in [-0.05, 0) is 25.5 Å². The van der Waals surface area contributed by atoms with E-state index < -0.39 is 0 Å². The molecule has 0 fully saturated rings. The average Bonchev–Trinajstić information content (AvgIpc) is 2.33. The van der Waals surface area contributed by atoms with E-state index in [0.29, 0.717) is 22.8 Å². The Bertz CT molecular complexity index is 393. The lowest BCUT2D eigenvalue weighted by Gasteiger charge is -2.21. The number of nitrogens with two attached hydrogens (primary N) is 1. The molecule has 0 aliphatic carbocycles. The van der Waals surface area contributed by atoms with E-state index in [-0.39, 0.29) is 5.91 Å². The third kappa shape index (κ3) is 3.37. The van der Waals surface area contributed by atoms with Gasteiger partial charge in [-0.15, -0.1) is 0 Å². The van der Waals surface area contributed by atoms with Crippen LogP contribution in [0.5, 0.6) is 0 Å². The van der Waals surface area contributed by atoms with Crippen LogP contribution in [0.15, 0.2) is 18.2 Å². The Kier molecular flexibility index (Phi) is 5.29. The number of amides is 1. The Balaban J connectivity index is 2.90. The fraction of sp³-hybridized carbons (Fsp3) is 0.462. The predicted molar refractivity (Wildman–Crippen MR) is 72.3 cm³/mol. The molecule has 0 aromatic heterocycles. The first-order valence-corrected chi connectivity index (χ1v) is 6.32. The molecule has 1 rings (SSSR count). The molecular formula is C13H19ClN2O. The highest BCUT2D eigenvalue weighted by Gasteiger charge is 2.17. The Labute approximate surface area is 108 Å². The highest BCUT2D eigenvalue weighted by atomic mass is 35.5. The number of rotatable bonds is 5. The van der Waals surface area contributed by atoms with Crippen LogP contribution in [0, 0.1) is 0 Å². The van der Waals surface area contributed by atoms with Crippen molar-refractivity contribution < 1.29 is 4.79 Å². The smallest absolute Gasteiger partial charge is 0.255 e. The van der Waals surface area contributed by atoms with Crippen LogP contribution in [0.1, 0.15) is 37.0 Å². The topological polar surface area (TPSA) is 46.3 Å². The highest BCUT2D eigenvalue weighted by molar-refractivity contribution is 6.33. The standard InChI is InChI=1S/C13H19ClN2O/c1-3-5-9-16(4-2)13(17)10-7-6-8-11(14)12(10)15/h6-8H,3-5,9,15H2,1-2H3. The fourth-order valence-electron chi connectivity index (χ4n) is 1.65. The Morgan fingerprint density at radius 3 is 2.71 bits per heavy atom. The summed E-state index contributed by atoms with van der Waals surface area (Å²) in [5.74, 6) is -0.0408. The van der Waals surface area contributed by atoms with Crippen molar-refractivity contribution in [3.63, 3.8) is 0 Å². The van der Waals surface area contributed by atoms with Gasteiger partial charge < -0.3 is 10.6 Å². The van der Waals surface area contributed by atoms with E-state index in [9.17, 15) is 4.79 Å². The largest absolute Gasteiger partial charge is 0.397 e. The molecule has 0 aliphatic rings. The number of hydrogen-bond acceptors (Lipinski definition) is 2. The van der Waals surface area contributed by atoms with Crippen molar-refractivity contribution >= 4 is 23.2 Å². The van der Waals surface area contributed by atoms with Crippen LogP contribution < -0.4 is 5.73 Å². The van der Waals surface area contributed by atoms with Crippen LogP contribution in [0.3, 0.4) is 0 Å². The van der Waals surface area contributed by atoms with E-state index in [1.807, 2.05) is 6.92 Å². The summed E-state index contributed by atoms with van der Waals surface area (Å²) in [4.78, 5) is 14.0. The van der Waals surface area contributed by atoms with Crippen molar-refractivity contribution in [2.75, 3.05) is 18.8 Å². The van der Waals surface area contributed by atoms with Crippen LogP contribution in [0.4, 0.5) is 5.69 Å². The molecule has 0 radical (unpaired) electrons. The number of nitrogen functional groups attached to an aromatic ring is 1. The summed E-state index contributed by atoms with van der Waals surface area (Å²) < 4.78 is 0. The molecule has 3 nitrogen and oxygen atoms in total. The van der Waals surface area contributed by atoms with Crippen molar-refractivity contribution in [1.29, 1.82) is 0 Å². The summed E-state index contributed by atoms with van der Waals surface area (Å²) in [6, 6.07) is 5.16. The van der Waals surface area contributed by atoms with Gasteiger partial charge in [0.15, 0.2) is 0 Å². The van der Waals surface area contributed by atoms with E-state index in [0.717, 1.165) is 19.4 Å². The van der Waals surface area contributed by atoms with Crippen LogP contribution in [-0.4, -0.2) is 23.9 Å². The molecule has 0 saturated carbocycles. The number of unbranched alkanes of at least 4 members (excludes halogenated alkanes) is 1. The second-order valence-electron chi connectivity index (χ2n) is 3.94. The second kappa shape index (κ2) is 6.50. The number of hydrogen-bond donors (Lipinski definition) is 1. The van der Waals surface area contributed by atoms with Crippen molar-refractivity contribution in [2.24, 2.45) is 0 Å². The van der Waals surface area contributed by atoms with Crippen molar-refractivity contribution in [2.45, 2.75) is 26.7 Å². The van der Waals surface area contributed by atoms with Gasteiger partial charge in [0.25, 0.3) is 5.91 Å². The number of carbonyl (C=O) groups excluding carboxylic acids is 1. The summed E-state index contributed by atoms with van der Waals surface area (Å²) in [7, 11) is 0. The molecule has 1 aromatic rings. The molecule has 0 aliphatic heterocycles. The molecule has 0 spiro atoms. The average molecular weight is 255 g/mol. The first-order valence-electron chi connectivity index (χ1n) is 5.95. The molecule has 94 valence electrons. The van der Waals surface area contributed by atoms with Crippen LogP contribution >= 0.6 is 11.6 Å². The lowest BCUT2D eigenvalue weighted by molar-refractivity contribution is 0.0763. The Morgan fingerprint density at radius 2 is 2.12 bits per heavy atom. The summed E-state index contributed by atoms with van der Waals surface area (Å²) in [5, 5.41) is 0.433. The number of para-hydroxylation sites is 1. The summed E-state index contributed by atoms with van der Waals surface area (Å²) in [5.41, 5.74) is 6.69. The lowest BCUT2D eigenvalue weighted by Crippen LogP contribution is -2.32. The zero-order chi connectivity index (χ0) is 12.8. The monoisotopic (exact) mass is 254 g/mol. The third-order valence-electron chi connectivity index (χ3n) is 2.73. The molecule has 0 bridgehead atoms. The number of nitrogens with zero attached hydrogens (tertiary/aromatic N) is 1. The van der Waals surface area contributed by atoms with Gasteiger partial charge in [-0.25, -0.2) is 0 Å². The van der Waals surface area contributed by atoms with E-state index in [2.05, 4.69) is 6.92 Å². The van der Waals surface area contributed by atoms with Crippen LogP contribution in [-0.2, 0) is 0 Å². The first-order chi connectivity index (χ1) is 8.11. The van der Waals surface area contributed by atoms with Crippen molar-refractivity contribution in [1.82, 2.24) is 4.90 Å². The van der Waals surface area contributed by atoms with Gasteiger partial charge in [0.1, 0.15) is 0 Å². The van der Waals surface area contributed by atoms with Crippen LogP contribution in [0.25, 0.3) is 0 Å². The van der Waals surface area contributed by atoms with Gasteiger partial charge >= 0.3 is 0 Å². The quantitative estimate of drug-likeness (QED) is 0.821. The number of anilines is 1. The molecule has 0 unspecified atom stereocenters. The van der Waals surface area contributed by atoms with Crippen molar-refractivity contribution in [3.05, 3.63) is 28.8 Å². The van der Waals surface area contributed by atoms with Crippen LogP contribution in [0.2, 0.25) is 5.02 Å². The minimum Gasteiger partial charge on any atom is -0.397 e. The molecular weight excluding hydrogens is 236 g/mol. The normalized spacial score (nSPS) is 10.3. The fourth-order valence-corrected chi connectivity index (χ4v) is 1.82. The summed E-state index contributed by atoms with van der Waals surface area (Å²) in [6.45, 7) is 5.52. The maximum absolute atomic E-state index is 12.2. The van der Waals surface area contributed by atoms with Gasteiger partial charge in [0, 0.05) is 13.1 Å². The Morgan fingerprint density at radius 1 is 1.41 bits per heavy atom. The van der Waals surface area contributed by atoms with Crippen molar-refractivity contribution in [3.8, 4) is 0 Å². The third-order valence-corrected chi connectivity index (χ3v) is 3.06. The van der Waals surface area contributed by atoms with E-state index >= 15 is 0 Å². The van der Waals surface area contributed by atoms with Gasteiger partial charge in [0.05, 0.1) is 16.3 Å². The van der Waals surface area contributed by atoms with E-state index in [1.165, 1.54) is 0 Å². The molecule has 0 atom stereocenters. The lowest BCUT2D eigenvalue weighted by atomic mass is 10.1. The summed E-state index contributed by atoms with van der Waals surface area (Å²) >= 11 is 5.91. The number of benzene rings is 1. The number of carbonyl (C=O) groups is 1. The number of halogens is 1. The molecule has 0 saturated heterocycles. The molecule has 2 N–H and O–H groups in total. The zero-order valence-corrected chi connectivity index (χ0v) is 11.1. The summed E-state index contributed by atoms with van der Waals surface area (Å²) in [6.07, 6.45) is 2.06. The molecule has 0 heterocycles. The maximum Gasteiger partial charge on any atom is 0.255 e. The molecule has 1 aromatic carbocycles. The first kappa shape index (κ1) is 13.8. The zero-order valence-electron chi connectivity index (χ0n) is 10.4. The predicted octanol–water partition coefficient (Wildman–Crippen LogP) is 3.18. The van der Waals surface area contributed by atoms with Gasteiger partial charge in [-0.2, -0.15) is 0 Å².